The van der Waals surface area contributed by atoms with Crippen LogP contribution in [0.2, 0.25) is 5.02 Å². The number of carboxylic acid groups (broad SMARTS) is 1. The molecule has 4 atom stereocenters. The van der Waals surface area contributed by atoms with Gasteiger partial charge in [-0.05, 0) is 58.4 Å². The Labute approximate surface area is 324 Å². The van der Waals surface area contributed by atoms with Crippen molar-refractivity contribution in [2.24, 2.45) is 17.6 Å². The van der Waals surface area contributed by atoms with Crippen LogP contribution in [0.5, 0.6) is 5.75 Å². The predicted molar refractivity (Wildman–Crippen MR) is 194 cm³/mol. The van der Waals surface area contributed by atoms with Gasteiger partial charge in [0.25, 0.3) is 5.78 Å². The van der Waals surface area contributed by atoms with Crippen molar-refractivity contribution in [3.05, 3.63) is 100 Å². The molecule has 56 heavy (non-hydrogen) atoms. The molecule has 0 saturated carbocycles. The number of rotatable bonds is 15. The van der Waals surface area contributed by atoms with Crippen LogP contribution in [0.4, 0.5) is 26.3 Å². The highest BCUT2D eigenvalue weighted by Gasteiger charge is 2.46. The summed E-state index contributed by atoms with van der Waals surface area (Å²) in [6, 6.07) is 15.2. The topological polar surface area (TPSA) is 177 Å². The molecule has 3 aromatic carbocycles. The minimum Gasteiger partial charge on any atom is -0.497 e. The van der Waals surface area contributed by atoms with Gasteiger partial charge in [-0.1, -0.05) is 87.8 Å². The van der Waals surface area contributed by atoms with Crippen LogP contribution in [0.1, 0.15) is 61.9 Å². The number of methoxy groups -OCH3 is 1. The molecule has 0 fully saturated rings. The number of hydrogen-bond donors (Lipinski definition) is 5. The second kappa shape index (κ2) is 20.7. The van der Waals surface area contributed by atoms with E-state index >= 15 is 0 Å². The fourth-order valence-electron chi connectivity index (χ4n) is 5.31. The molecule has 0 aromatic heterocycles. The smallest absolute Gasteiger partial charge is 0.490 e. The van der Waals surface area contributed by atoms with E-state index in [1.54, 1.807) is 48.5 Å². The molecule has 306 valence electrons. The van der Waals surface area contributed by atoms with Crippen molar-refractivity contribution in [3.63, 3.8) is 0 Å². The number of ether oxygens (including phenoxy) is 1. The van der Waals surface area contributed by atoms with Crippen LogP contribution in [-0.2, 0) is 36.9 Å². The Morgan fingerprint density at radius 1 is 0.696 bits per heavy atom. The summed E-state index contributed by atoms with van der Waals surface area (Å²) in [5, 5.41) is 15.3. The third-order valence-corrected chi connectivity index (χ3v) is 8.53. The number of carboxylic acids is 1. The molecule has 11 nitrogen and oxygen atoms in total. The van der Waals surface area contributed by atoms with Gasteiger partial charge in [-0.25, -0.2) is 4.79 Å². The molecule has 0 radical (unpaired) electrons. The van der Waals surface area contributed by atoms with E-state index in [0.29, 0.717) is 28.4 Å². The average Bonchev–Trinajstić information content (AvgIpc) is 3.12. The maximum Gasteiger partial charge on any atom is 0.490 e. The number of benzene rings is 3. The number of nitrogens with two attached hydrogens (primary N) is 1. The van der Waals surface area contributed by atoms with E-state index in [9.17, 15) is 45.5 Å². The van der Waals surface area contributed by atoms with Gasteiger partial charge >= 0.3 is 18.3 Å². The minimum atomic E-state index is -5.20. The molecule has 3 aromatic rings. The normalized spacial score (nSPS) is 13.7. The fourth-order valence-corrected chi connectivity index (χ4v) is 5.44. The van der Waals surface area contributed by atoms with Gasteiger partial charge in [0.2, 0.25) is 17.7 Å². The third kappa shape index (κ3) is 14.2. The van der Waals surface area contributed by atoms with Gasteiger partial charge in [0.15, 0.2) is 0 Å². The highest BCUT2D eigenvalue weighted by molar-refractivity contribution is 6.30. The monoisotopic (exact) mass is 816 g/mol. The molecule has 0 heterocycles. The van der Waals surface area contributed by atoms with Gasteiger partial charge in [-0.3, -0.25) is 19.2 Å². The van der Waals surface area contributed by atoms with E-state index in [1.807, 2.05) is 13.8 Å². The molecule has 3 amide bonds. The van der Waals surface area contributed by atoms with Crippen LogP contribution in [0.25, 0.3) is 0 Å². The Kier molecular flexibility index (Phi) is 17.3. The largest absolute Gasteiger partial charge is 0.497 e. The zero-order valence-corrected chi connectivity index (χ0v) is 31.7. The maximum atomic E-state index is 14.1. The van der Waals surface area contributed by atoms with Crippen LogP contribution < -0.4 is 26.4 Å². The van der Waals surface area contributed by atoms with E-state index < -0.39 is 71.8 Å². The summed E-state index contributed by atoms with van der Waals surface area (Å²) in [7, 11) is 1.43. The summed E-state index contributed by atoms with van der Waals surface area (Å²) in [6.07, 6.45) is -10.3. The van der Waals surface area contributed by atoms with E-state index in [0.717, 1.165) is 5.56 Å². The average molecular weight is 817 g/mol. The number of aliphatic carboxylic acids is 1. The number of ketones is 1. The molecular formula is C38H43ClF6N4O7. The van der Waals surface area contributed by atoms with Crippen molar-refractivity contribution in [1.29, 1.82) is 0 Å². The Morgan fingerprint density at radius 2 is 1.20 bits per heavy atom. The van der Waals surface area contributed by atoms with Crippen LogP contribution in [0.15, 0.2) is 72.8 Å². The van der Waals surface area contributed by atoms with E-state index in [2.05, 4.69) is 16.0 Å². The highest BCUT2D eigenvalue weighted by Crippen LogP contribution is 2.27. The zero-order valence-electron chi connectivity index (χ0n) is 30.9. The molecule has 0 aliphatic carbocycles. The fraction of sp³-hybridized carbons (Fsp3) is 0.395. The van der Waals surface area contributed by atoms with Crippen molar-refractivity contribution in [2.75, 3.05) is 7.11 Å². The first-order valence-corrected chi connectivity index (χ1v) is 17.4. The molecule has 6 N–H and O–H groups in total. The minimum absolute atomic E-state index is 0.00594. The second-order valence-electron chi connectivity index (χ2n) is 13.2. The van der Waals surface area contributed by atoms with Crippen LogP contribution >= 0.6 is 11.6 Å². The summed E-state index contributed by atoms with van der Waals surface area (Å²) in [6.45, 7) is 6.74. The van der Waals surface area contributed by atoms with Crippen molar-refractivity contribution >= 4 is 41.1 Å². The lowest BCUT2D eigenvalue weighted by molar-refractivity contribution is -0.192. The standard InChI is InChI=1S/C36H42ClF3N4O5.C2HF3O2/c1-20(2)29(24-10-14-26(37)15-11-24)34(47)42-28(18-22-6-8-23(19-41)9-7-22)33(46)44-31(25-12-16-27(49-5)17-13-25)35(48)43-30(21(3)4)32(45)36(38,39)40;3-2(4,5)1(6)7/h6-17,20-21,28-31H,18-19,41H2,1-5H3,(H,42,47)(H,43,48)(H,44,46);(H,6,7)/t28-,29+,30-,31-;/m0./s1. The van der Waals surface area contributed by atoms with Crippen LogP contribution in [-0.4, -0.2) is 66.1 Å². The summed E-state index contributed by atoms with van der Waals surface area (Å²) in [5.74, 6) is -8.53. The zero-order chi connectivity index (χ0) is 42.5. The van der Waals surface area contributed by atoms with Crippen molar-refractivity contribution in [1.82, 2.24) is 16.0 Å². The maximum absolute atomic E-state index is 14.1. The summed E-state index contributed by atoms with van der Waals surface area (Å²) in [4.78, 5) is 62.7. The van der Waals surface area contributed by atoms with Crippen LogP contribution in [0.3, 0.4) is 0 Å². The molecule has 0 aliphatic rings. The Hall–Kier alpha value is -5.16. The van der Waals surface area contributed by atoms with Gasteiger partial charge in [-0.2, -0.15) is 26.3 Å². The number of carbonyl (C=O) groups is 5. The third-order valence-electron chi connectivity index (χ3n) is 8.28. The van der Waals surface area contributed by atoms with Gasteiger partial charge in [0.05, 0.1) is 19.1 Å². The van der Waals surface area contributed by atoms with Crippen LogP contribution in [0, 0.1) is 11.8 Å². The molecule has 0 saturated heterocycles. The summed E-state index contributed by atoms with van der Waals surface area (Å²) >= 11 is 6.07. The quantitative estimate of drug-likeness (QED) is 0.115. The summed E-state index contributed by atoms with van der Waals surface area (Å²) in [5.41, 5.74) is 8.13. The summed E-state index contributed by atoms with van der Waals surface area (Å²) < 4.78 is 77.2. The number of hydrogen-bond acceptors (Lipinski definition) is 7. The molecule has 18 heteroatoms. The van der Waals surface area contributed by atoms with Crippen molar-refractivity contribution < 1.29 is 60.2 Å². The molecule has 0 unspecified atom stereocenters. The number of Topliss-reactive ketones (excluding diaryl/α,β-unsaturated/α-hetero) is 1. The van der Waals surface area contributed by atoms with E-state index in [1.165, 1.54) is 45.2 Å². The molecular weight excluding hydrogens is 774 g/mol. The Bertz CT molecular complexity index is 1790. The lowest BCUT2D eigenvalue weighted by Crippen LogP contribution is -2.55. The van der Waals surface area contributed by atoms with Gasteiger partial charge < -0.3 is 31.5 Å². The van der Waals surface area contributed by atoms with Gasteiger partial charge in [-0.15, -0.1) is 0 Å². The first-order chi connectivity index (χ1) is 26.0. The molecule has 3 rings (SSSR count). The number of amides is 3. The molecule has 0 bridgehead atoms. The number of halogens is 7. The SMILES string of the molecule is COc1ccc([C@H](NC(=O)[C@H](Cc2ccc(CN)cc2)NC(=O)[C@@H](c2ccc(Cl)cc2)C(C)C)C(=O)N[C@H](C(=O)C(F)(F)F)C(C)C)cc1.O=C(O)C(F)(F)F. The van der Waals surface area contributed by atoms with Gasteiger partial charge in [0, 0.05) is 18.0 Å². The lowest BCUT2D eigenvalue weighted by atomic mass is 9.87. The van der Waals surface area contributed by atoms with E-state index in [4.69, 9.17) is 32.0 Å². The highest BCUT2D eigenvalue weighted by atomic mass is 35.5. The van der Waals surface area contributed by atoms with Crippen molar-refractivity contribution in [3.8, 4) is 5.75 Å². The Morgan fingerprint density at radius 3 is 1.62 bits per heavy atom. The lowest BCUT2D eigenvalue weighted by Gasteiger charge is -2.28. The number of carbonyl (C=O) groups excluding carboxylic acids is 4. The molecule has 0 spiro atoms. The first-order valence-electron chi connectivity index (χ1n) is 17.0. The molecule has 0 aliphatic heterocycles. The second-order valence-corrected chi connectivity index (χ2v) is 13.6. The Balaban J connectivity index is 0.00000141. The predicted octanol–water partition coefficient (Wildman–Crippen LogP) is 6.04. The van der Waals surface area contributed by atoms with Gasteiger partial charge in [0.1, 0.15) is 17.8 Å². The van der Waals surface area contributed by atoms with Crippen molar-refractivity contribution in [2.45, 2.75) is 77.1 Å². The first kappa shape index (κ1) is 47.0. The van der Waals surface area contributed by atoms with E-state index in [-0.39, 0.29) is 17.9 Å². The number of alkyl halides is 6. The number of nitrogens with one attached hydrogen (secondary N) is 3.